The topological polar surface area (TPSA) is 105 Å². The summed E-state index contributed by atoms with van der Waals surface area (Å²) in [5, 5.41) is 0. The average molecular weight is 499 g/mol. The van der Waals surface area contributed by atoms with Crippen molar-refractivity contribution in [1.29, 1.82) is 0 Å². The number of esters is 4. The largest absolute Gasteiger partial charge is 0.462 e. The fraction of sp³-hybridized carbons (Fsp3) is 0.778. The summed E-state index contributed by atoms with van der Waals surface area (Å²) in [4.78, 5) is 45.2. The smallest absolute Gasteiger partial charge is 0.305 e. The summed E-state index contributed by atoms with van der Waals surface area (Å²) in [6.45, 7) is 5.88. The van der Waals surface area contributed by atoms with Gasteiger partial charge in [0.05, 0.1) is 0 Å². The number of rotatable bonds is 21. The van der Waals surface area contributed by atoms with E-state index in [2.05, 4.69) is 19.1 Å². The van der Waals surface area contributed by atoms with Gasteiger partial charge in [-0.1, -0.05) is 57.6 Å². The van der Waals surface area contributed by atoms with Gasteiger partial charge in [-0.25, -0.2) is 0 Å². The third kappa shape index (κ3) is 23.1. The molecule has 0 bridgehead atoms. The molecule has 0 aromatic rings. The second-order valence-electron chi connectivity index (χ2n) is 8.81. The summed E-state index contributed by atoms with van der Waals surface area (Å²) in [6, 6.07) is 0. The molecule has 8 nitrogen and oxygen atoms in total. The van der Waals surface area contributed by atoms with Crippen LogP contribution in [0.3, 0.4) is 0 Å². The molecule has 0 aromatic carbocycles. The minimum atomic E-state index is -0.793. The molecule has 0 rings (SSSR count). The molecule has 2 atom stereocenters. The molecule has 35 heavy (non-hydrogen) atoms. The van der Waals surface area contributed by atoms with Crippen molar-refractivity contribution in [3.63, 3.8) is 0 Å². The molecular formula is C27H46O8. The number of hydrogen-bond donors (Lipinski definition) is 0. The molecule has 2 unspecified atom stereocenters. The van der Waals surface area contributed by atoms with Crippen LogP contribution in [0.25, 0.3) is 0 Å². The van der Waals surface area contributed by atoms with Crippen molar-refractivity contribution in [2.24, 2.45) is 0 Å². The second kappa shape index (κ2) is 22.1. The lowest BCUT2D eigenvalue weighted by molar-refractivity contribution is -0.164. The molecule has 0 N–H and O–H groups in total. The Balaban J connectivity index is 3.88. The monoisotopic (exact) mass is 498 g/mol. The van der Waals surface area contributed by atoms with E-state index >= 15 is 0 Å². The first-order valence-electron chi connectivity index (χ1n) is 13.0. The summed E-state index contributed by atoms with van der Waals surface area (Å²) in [7, 11) is 0. The van der Waals surface area contributed by atoms with Crippen LogP contribution in [0.15, 0.2) is 12.2 Å². The lowest BCUT2D eigenvalue weighted by Crippen LogP contribution is -2.29. The van der Waals surface area contributed by atoms with Gasteiger partial charge in [0.1, 0.15) is 19.3 Å². The van der Waals surface area contributed by atoms with E-state index in [1.54, 1.807) is 0 Å². The summed E-state index contributed by atoms with van der Waals surface area (Å²) in [5.41, 5.74) is 0. The number of ether oxygens (including phenoxy) is 4. The molecular weight excluding hydrogens is 452 g/mol. The van der Waals surface area contributed by atoms with Crippen LogP contribution in [0.5, 0.6) is 0 Å². The molecule has 0 radical (unpaired) electrons. The molecule has 0 amide bonds. The maximum absolute atomic E-state index is 11.9. The van der Waals surface area contributed by atoms with E-state index in [4.69, 9.17) is 18.9 Å². The van der Waals surface area contributed by atoms with Gasteiger partial charge < -0.3 is 18.9 Å². The number of carbonyl (C=O) groups excluding carboxylic acids is 4. The Morgan fingerprint density at radius 1 is 0.657 bits per heavy atom. The molecule has 8 heteroatoms. The maximum atomic E-state index is 11.9. The van der Waals surface area contributed by atoms with Crippen LogP contribution >= 0.6 is 0 Å². The number of unbranched alkanes of at least 4 members (excludes halogenated alkanes) is 8. The van der Waals surface area contributed by atoms with E-state index in [1.165, 1.54) is 40.0 Å². The first kappa shape index (κ1) is 32.6. The van der Waals surface area contributed by atoms with E-state index < -0.39 is 18.0 Å². The van der Waals surface area contributed by atoms with Gasteiger partial charge in [-0.3, -0.25) is 19.2 Å². The van der Waals surface area contributed by atoms with Gasteiger partial charge in [0, 0.05) is 33.6 Å². The van der Waals surface area contributed by atoms with Gasteiger partial charge in [-0.15, -0.1) is 0 Å². The molecule has 0 fully saturated rings. The predicted molar refractivity (Wildman–Crippen MR) is 134 cm³/mol. The second-order valence-corrected chi connectivity index (χ2v) is 8.81. The van der Waals surface area contributed by atoms with Crippen LogP contribution in [0.1, 0.15) is 111 Å². The van der Waals surface area contributed by atoms with E-state index in [9.17, 15) is 19.2 Å². The van der Waals surface area contributed by atoms with Gasteiger partial charge >= 0.3 is 23.9 Å². The van der Waals surface area contributed by atoms with Crippen molar-refractivity contribution < 1.29 is 38.1 Å². The highest BCUT2D eigenvalue weighted by Gasteiger charge is 2.16. The fourth-order valence-corrected chi connectivity index (χ4v) is 3.51. The van der Waals surface area contributed by atoms with Crippen molar-refractivity contribution in [1.82, 2.24) is 0 Å². The molecule has 0 saturated carbocycles. The minimum Gasteiger partial charge on any atom is -0.462 e. The Labute approximate surface area is 211 Å². The standard InChI is InChI=1S/C27H46O8/c1-5-6-7-14-17-25(34-23(3)29)18-15-12-10-8-9-11-13-16-19-27(31)33-21-26(35-24(4)30)20-32-22(2)28/h12,15,25-26H,5-11,13-14,16-21H2,1-4H3/b15-12+. The van der Waals surface area contributed by atoms with Crippen LogP contribution < -0.4 is 0 Å². The summed E-state index contributed by atoms with van der Waals surface area (Å²) in [5.74, 6) is -1.59. The molecule has 0 spiro atoms. The molecule has 0 aromatic heterocycles. The molecule has 0 heterocycles. The first-order valence-corrected chi connectivity index (χ1v) is 13.0. The Bertz CT molecular complexity index is 629. The summed E-state index contributed by atoms with van der Waals surface area (Å²) >= 11 is 0. The summed E-state index contributed by atoms with van der Waals surface area (Å²) in [6.07, 6.45) is 16.0. The quantitative estimate of drug-likeness (QED) is 0.0871. The Morgan fingerprint density at radius 2 is 1.26 bits per heavy atom. The highest BCUT2D eigenvalue weighted by atomic mass is 16.6. The summed E-state index contributed by atoms with van der Waals surface area (Å²) < 4.78 is 20.4. The van der Waals surface area contributed by atoms with Gasteiger partial charge in [-0.2, -0.15) is 0 Å². The zero-order chi connectivity index (χ0) is 26.3. The molecule has 202 valence electrons. The van der Waals surface area contributed by atoms with Crippen LogP contribution in [0.2, 0.25) is 0 Å². The zero-order valence-corrected chi connectivity index (χ0v) is 22.2. The molecule has 0 aliphatic carbocycles. The Hall–Kier alpha value is -2.38. The zero-order valence-electron chi connectivity index (χ0n) is 22.2. The van der Waals surface area contributed by atoms with Gasteiger partial charge in [0.2, 0.25) is 0 Å². The van der Waals surface area contributed by atoms with Crippen LogP contribution in [-0.2, 0) is 38.1 Å². The van der Waals surface area contributed by atoms with Crippen molar-refractivity contribution >= 4 is 23.9 Å². The van der Waals surface area contributed by atoms with Gasteiger partial charge in [-0.05, 0) is 32.1 Å². The number of allylic oxidation sites excluding steroid dienone is 1. The SMILES string of the molecule is CCCCCCC(C/C=C/CCCCCCCC(=O)OCC(COC(C)=O)OC(C)=O)OC(C)=O. The fourth-order valence-electron chi connectivity index (χ4n) is 3.51. The van der Waals surface area contributed by atoms with Crippen LogP contribution in [0, 0.1) is 0 Å². The first-order chi connectivity index (χ1) is 16.7. The lowest BCUT2D eigenvalue weighted by Gasteiger charge is -2.16. The average Bonchev–Trinajstić information content (AvgIpc) is 2.78. The Morgan fingerprint density at radius 3 is 1.91 bits per heavy atom. The van der Waals surface area contributed by atoms with Crippen LogP contribution in [0.4, 0.5) is 0 Å². The number of hydrogen-bond acceptors (Lipinski definition) is 8. The van der Waals surface area contributed by atoms with E-state index in [-0.39, 0.29) is 31.3 Å². The molecule has 0 aliphatic heterocycles. The van der Waals surface area contributed by atoms with Crippen molar-refractivity contribution in [3.8, 4) is 0 Å². The lowest BCUT2D eigenvalue weighted by atomic mass is 10.1. The van der Waals surface area contributed by atoms with E-state index in [0.29, 0.717) is 6.42 Å². The minimum absolute atomic E-state index is 0.0219. The highest BCUT2D eigenvalue weighted by molar-refractivity contribution is 5.69. The maximum Gasteiger partial charge on any atom is 0.305 e. The normalized spacial score (nSPS) is 12.7. The van der Waals surface area contributed by atoms with Crippen molar-refractivity contribution in [2.75, 3.05) is 13.2 Å². The third-order valence-corrected chi connectivity index (χ3v) is 5.26. The van der Waals surface area contributed by atoms with E-state index in [1.807, 2.05) is 0 Å². The molecule has 0 aliphatic rings. The Kier molecular flexibility index (Phi) is 20.6. The molecule has 0 saturated heterocycles. The van der Waals surface area contributed by atoms with Gasteiger partial charge in [0.15, 0.2) is 6.10 Å². The predicted octanol–water partition coefficient (Wildman–Crippen LogP) is 5.60. The van der Waals surface area contributed by atoms with Gasteiger partial charge in [0.25, 0.3) is 0 Å². The highest BCUT2D eigenvalue weighted by Crippen LogP contribution is 2.13. The van der Waals surface area contributed by atoms with Crippen molar-refractivity contribution in [3.05, 3.63) is 12.2 Å². The van der Waals surface area contributed by atoms with E-state index in [0.717, 1.165) is 57.8 Å². The van der Waals surface area contributed by atoms with Crippen LogP contribution in [-0.4, -0.2) is 49.3 Å². The van der Waals surface area contributed by atoms with Crippen molar-refractivity contribution in [2.45, 2.75) is 123 Å². The number of carbonyl (C=O) groups is 4. The third-order valence-electron chi connectivity index (χ3n) is 5.26.